The van der Waals surface area contributed by atoms with Crippen LogP contribution in [0.3, 0.4) is 0 Å². The van der Waals surface area contributed by atoms with Crippen LogP contribution in [0.2, 0.25) is 0 Å². The van der Waals surface area contributed by atoms with Gasteiger partial charge < -0.3 is 20.1 Å². The predicted molar refractivity (Wildman–Crippen MR) is 147 cm³/mol. The van der Waals surface area contributed by atoms with E-state index in [1.807, 2.05) is 68.4 Å². The van der Waals surface area contributed by atoms with Gasteiger partial charge in [0.2, 0.25) is 0 Å². The molecule has 184 valence electrons. The Morgan fingerprint density at radius 2 is 1.72 bits per heavy atom. The maximum absolute atomic E-state index is 12.7. The average molecular weight is 595 g/mol. The van der Waals surface area contributed by atoms with Crippen molar-refractivity contribution in [1.29, 1.82) is 5.26 Å². The van der Waals surface area contributed by atoms with E-state index < -0.39 is 5.91 Å². The van der Waals surface area contributed by atoms with E-state index in [0.717, 1.165) is 5.56 Å². The van der Waals surface area contributed by atoms with Gasteiger partial charge in [0.1, 0.15) is 11.6 Å². The summed E-state index contributed by atoms with van der Waals surface area (Å²) in [5.74, 6) is 0.0520. The van der Waals surface area contributed by atoms with Crippen molar-refractivity contribution in [3.8, 4) is 17.6 Å². The van der Waals surface area contributed by atoms with Gasteiger partial charge in [0, 0.05) is 5.69 Å². The number of nitriles is 1. The van der Waals surface area contributed by atoms with Crippen LogP contribution in [0.25, 0.3) is 6.08 Å². The summed E-state index contributed by atoms with van der Waals surface area (Å²) in [5.41, 5.74) is 2.18. The molecule has 0 aliphatic carbocycles. The molecule has 2 amide bonds. The molecule has 8 heteroatoms. The third-order valence-corrected chi connectivity index (χ3v) is 5.86. The normalized spacial score (nSPS) is 11.7. The fourth-order valence-corrected chi connectivity index (χ4v) is 4.13. The van der Waals surface area contributed by atoms with Crippen molar-refractivity contribution in [2.45, 2.75) is 19.9 Å². The van der Waals surface area contributed by atoms with E-state index >= 15 is 0 Å². The number of carbonyl (C=O) groups is 2. The number of ether oxygens (including phenoxy) is 2. The molecule has 0 saturated heterocycles. The molecule has 36 heavy (non-hydrogen) atoms. The van der Waals surface area contributed by atoms with Crippen LogP contribution < -0.4 is 20.1 Å². The van der Waals surface area contributed by atoms with Gasteiger partial charge in [-0.15, -0.1) is 0 Å². The highest BCUT2D eigenvalue weighted by Gasteiger charge is 2.17. The van der Waals surface area contributed by atoms with Crippen LogP contribution in [0, 0.1) is 14.9 Å². The molecule has 0 spiro atoms. The van der Waals surface area contributed by atoms with Crippen molar-refractivity contribution < 1.29 is 19.1 Å². The lowest BCUT2D eigenvalue weighted by atomic mass is 10.1. The van der Waals surface area contributed by atoms with E-state index in [-0.39, 0.29) is 24.1 Å². The number of para-hydroxylation sites is 1. The average Bonchev–Trinajstić information content (AvgIpc) is 2.88. The quantitative estimate of drug-likeness (QED) is 0.184. The van der Waals surface area contributed by atoms with Crippen LogP contribution in [0.1, 0.15) is 31.0 Å². The molecule has 0 radical (unpaired) electrons. The molecule has 0 aliphatic heterocycles. The first-order valence-corrected chi connectivity index (χ1v) is 12.4. The third kappa shape index (κ3) is 7.58. The zero-order valence-electron chi connectivity index (χ0n) is 20.0. The van der Waals surface area contributed by atoms with Gasteiger partial charge in [0.05, 0.1) is 16.2 Å². The maximum atomic E-state index is 12.7. The van der Waals surface area contributed by atoms with Crippen LogP contribution in [0.15, 0.2) is 78.4 Å². The number of nitrogens with zero attached hydrogens (tertiary/aromatic N) is 1. The highest BCUT2D eigenvalue weighted by atomic mass is 127. The number of hydrogen-bond donors (Lipinski definition) is 2. The van der Waals surface area contributed by atoms with Gasteiger partial charge >= 0.3 is 0 Å². The smallest absolute Gasteiger partial charge is 0.262 e. The van der Waals surface area contributed by atoms with Crippen molar-refractivity contribution in [2.24, 2.45) is 0 Å². The number of nitrogens with one attached hydrogen (secondary N) is 2. The summed E-state index contributed by atoms with van der Waals surface area (Å²) in [7, 11) is 0. The topological polar surface area (TPSA) is 100 Å². The van der Waals surface area contributed by atoms with E-state index in [2.05, 4.69) is 33.2 Å². The Morgan fingerprint density at radius 1 is 1.06 bits per heavy atom. The Bertz CT molecular complexity index is 1270. The summed E-state index contributed by atoms with van der Waals surface area (Å²) < 4.78 is 12.2. The van der Waals surface area contributed by atoms with Crippen LogP contribution in [-0.2, 0) is 9.59 Å². The minimum absolute atomic E-state index is 0.0352. The molecule has 0 fully saturated rings. The second kappa shape index (κ2) is 13.3. The molecule has 0 bridgehead atoms. The second-order valence-corrected chi connectivity index (χ2v) is 8.90. The lowest BCUT2D eigenvalue weighted by Gasteiger charge is -2.15. The molecule has 7 nitrogen and oxygen atoms in total. The molecular formula is C28H26IN3O4. The summed E-state index contributed by atoms with van der Waals surface area (Å²) >= 11 is 2.08. The molecule has 0 heterocycles. The number of benzene rings is 3. The summed E-state index contributed by atoms with van der Waals surface area (Å²) in [4.78, 5) is 25.1. The van der Waals surface area contributed by atoms with Crippen molar-refractivity contribution in [1.82, 2.24) is 5.32 Å². The molecule has 3 aromatic carbocycles. The molecule has 0 aliphatic rings. The molecule has 1 atom stereocenters. The lowest BCUT2D eigenvalue weighted by molar-refractivity contribution is -0.118. The largest absolute Gasteiger partial charge is 0.490 e. The molecule has 0 saturated carbocycles. The summed E-state index contributed by atoms with van der Waals surface area (Å²) in [6, 6.07) is 23.8. The monoisotopic (exact) mass is 595 g/mol. The van der Waals surface area contributed by atoms with Crippen LogP contribution in [0.4, 0.5) is 5.69 Å². The van der Waals surface area contributed by atoms with Crippen LogP contribution in [0.5, 0.6) is 11.5 Å². The Morgan fingerprint density at radius 3 is 2.36 bits per heavy atom. The number of hydrogen-bond acceptors (Lipinski definition) is 5. The Balaban J connectivity index is 1.75. The maximum Gasteiger partial charge on any atom is 0.262 e. The highest BCUT2D eigenvalue weighted by Crippen LogP contribution is 2.35. The fourth-order valence-electron chi connectivity index (χ4n) is 3.35. The first-order chi connectivity index (χ1) is 17.4. The molecule has 0 unspecified atom stereocenters. The lowest BCUT2D eigenvalue weighted by Crippen LogP contribution is -2.27. The number of amides is 2. The number of carbonyl (C=O) groups excluding carboxylic acids is 2. The van der Waals surface area contributed by atoms with Crippen molar-refractivity contribution >= 4 is 46.2 Å². The predicted octanol–water partition coefficient (Wildman–Crippen LogP) is 5.49. The Hall–Kier alpha value is -3.84. The minimum atomic E-state index is -0.472. The standard InChI is InChI=1S/C28H26IN3O4/c1-3-35-25-16-20(14-22(17-30)28(34)31-19(2)21-10-6-4-7-11-21)15-24(29)27(25)36-18-26(33)32-23-12-8-5-9-13-23/h4-16,19H,3,18H2,1-2H3,(H,31,34)(H,32,33)/b22-14-/t19-/m1/s1. The number of halogens is 1. The van der Waals surface area contributed by atoms with E-state index in [1.54, 1.807) is 24.3 Å². The van der Waals surface area contributed by atoms with Gasteiger partial charge in [-0.1, -0.05) is 48.5 Å². The van der Waals surface area contributed by atoms with Gasteiger partial charge in [0.15, 0.2) is 18.1 Å². The Kier molecular flexibility index (Phi) is 9.89. The van der Waals surface area contributed by atoms with Crippen molar-refractivity contribution in [3.63, 3.8) is 0 Å². The van der Waals surface area contributed by atoms with Gasteiger partial charge in [-0.2, -0.15) is 5.26 Å². The second-order valence-electron chi connectivity index (χ2n) is 7.74. The number of rotatable bonds is 10. The van der Waals surface area contributed by atoms with E-state index in [0.29, 0.717) is 32.9 Å². The van der Waals surface area contributed by atoms with Gasteiger partial charge in [-0.05, 0) is 77.9 Å². The molecule has 0 aromatic heterocycles. The zero-order valence-corrected chi connectivity index (χ0v) is 22.1. The highest BCUT2D eigenvalue weighted by molar-refractivity contribution is 14.1. The summed E-state index contributed by atoms with van der Waals surface area (Å²) in [5, 5.41) is 15.2. The van der Waals surface area contributed by atoms with Gasteiger partial charge in [-0.3, -0.25) is 9.59 Å². The van der Waals surface area contributed by atoms with Gasteiger partial charge in [-0.25, -0.2) is 0 Å². The minimum Gasteiger partial charge on any atom is -0.490 e. The van der Waals surface area contributed by atoms with Crippen molar-refractivity contribution in [2.75, 3.05) is 18.5 Å². The fraction of sp³-hybridized carbons (Fsp3) is 0.179. The SMILES string of the molecule is CCOc1cc(/C=C(/C#N)C(=O)N[C@H](C)c2ccccc2)cc(I)c1OCC(=O)Nc1ccccc1. The van der Waals surface area contributed by atoms with E-state index in [1.165, 1.54) is 6.08 Å². The molecule has 3 rings (SSSR count). The molecule has 2 N–H and O–H groups in total. The zero-order chi connectivity index (χ0) is 25.9. The van der Waals surface area contributed by atoms with E-state index in [9.17, 15) is 14.9 Å². The molecular weight excluding hydrogens is 569 g/mol. The Labute approximate surface area is 224 Å². The summed E-state index contributed by atoms with van der Waals surface area (Å²) in [6.45, 7) is 3.86. The van der Waals surface area contributed by atoms with Gasteiger partial charge in [0.25, 0.3) is 11.8 Å². The molecule has 3 aromatic rings. The first-order valence-electron chi connectivity index (χ1n) is 11.3. The van der Waals surface area contributed by atoms with Crippen LogP contribution in [-0.4, -0.2) is 25.0 Å². The number of anilines is 1. The summed E-state index contributed by atoms with van der Waals surface area (Å²) in [6.07, 6.45) is 1.50. The third-order valence-electron chi connectivity index (χ3n) is 5.06. The van der Waals surface area contributed by atoms with E-state index in [4.69, 9.17) is 9.47 Å². The first kappa shape index (κ1) is 26.8. The van der Waals surface area contributed by atoms with Crippen molar-refractivity contribution in [3.05, 3.63) is 93.1 Å². The van der Waals surface area contributed by atoms with Crippen LogP contribution >= 0.6 is 22.6 Å².